The van der Waals surface area contributed by atoms with E-state index in [-0.39, 0.29) is 13.0 Å². The molecule has 0 saturated heterocycles. The van der Waals surface area contributed by atoms with Crippen LogP contribution in [0, 0.1) is 0 Å². The Bertz CT molecular complexity index is 398. The van der Waals surface area contributed by atoms with Gasteiger partial charge in [-0.05, 0) is 6.42 Å². The summed E-state index contributed by atoms with van der Waals surface area (Å²) in [6.45, 7) is 1.78. The molecule has 0 aliphatic rings. The van der Waals surface area contributed by atoms with Crippen molar-refractivity contribution in [1.29, 1.82) is 0 Å². The first kappa shape index (κ1) is 23.5. The molecule has 8 nitrogen and oxygen atoms in total. The van der Waals surface area contributed by atoms with Crippen LogP contribution in [0.1, 0.15) is 39.0 Å². The van der Waals surface area contributed by atoms with E-state index in [0.717, 1.165) is 25.7 Å². The average Bonchev–Trinajstić information content (AvgIpc) is 2.46. The number of esters is 1. The summed E-state index contributed by atoms with van der Waals surface area (Å²) in [5.41, 5.74) is 0. The van der Waals surface area contributed by atoms with Crippen molar-refractivity contribution in [1.82, 2.24) is 0 Å². The van der Waals surface area contributed by atoms with Crippen molar-refractivity contribution in [2.75, 3.05) is 47.5 Å². The Morgan fingerprint density at radius 2 is 1.83 bits per heavy atom. The topological polar surface area (TPSA) is 102 Å². The molecule has 24 heavy (non-hydrogen) atoms. The van der Waals surface area contributed by atoms with E-state index in [0.29, 0.717) is 11.0 Å². The van der Waals surface area contributed by atoms with Crippen molar-refractivity contribution in [2.24, 2.45) is 0 Å². The molecule has 144 valence electrons. The highest BCUT2D eigenvalue weighted by Crippen LogP contribution is 2.43. The van der Waals surface area contributed by atoms with E-state index < -0.39 is 33.1 Å². The Morgan fingerprint density at radius 1 is 1.17 bits per heavy atom. The lowest BCUT2D eigenvalue weighted by atomic mass is 10.1. The van der Waals surface area contributed by atoms with Crippen molar-refractivity contribution in [3.63, 3.8) is 0 Å². The lowest BCUT2D eigenvalue weighted by Crippen LogP contribution is -2.37. The van der Waals surface area contributed by atoms with Crippen molar-refractivity contribution < 1.29 is 37.6 Å². The van der Waals surface area contributed by atoms with Crippen molar-refractivity contribution in [3.05, 3.63) is 0 Å². The first-order valence-electron chi connectivity index (χ1n) is 8.32. The fourth-order valence-electron chi connectivity index (χ4n) is 1.71. The third-order valence-corrected chi connectivity index (χ3v) is 4.16. The van der Waals surface area contributed by atoms with E-state index >= 15 is 0 Å². The third-order valence-electron chi connectivity index (χ3n) is 3.18. The summed E-state index contributed by atoms with van der Waals surface area (Å²) >= 11 is 0. The van der Waals surface area contributed by atoms with Gasteiger partial charge in [-0.2, -0.15) is 0 Å². The van der Waals surface area contributed by atoms with Crippen LogP contribution in [0.2, 0.25) is 0 Å². The second-order valence-electron chi connectivity index (χ2n) is 6.72. The first-order chi connectivity index (χ1) is 11.1. The van der Waals surface area contributed by atoms with E-state index in [4.69, 9.17) is 13.8 Å². The maximum atomic E-state index is 11.7. The van der Waals surface area contributed by atoms with Gasteiger partial charge in [0.05, 0.1) is 34.4 Å². The highest BCUT2D eigenvalue weighted by atomic mass is 31.2. The molecule has 0 aliphatic carbocycles. The predicted octanol–water partition coefficient (Wildman–Crippen LogP) is 1.70. The zero-order valence-corrected chi connectivity index (χ0v) is 16.2. The number of phosphoric ester groups is 1. The number of hydrogen-bond acceptors (Lipinski definition) is 6. The summed E-state index contributed by atoms with van der Waals surface area (Å²) in [7, 11) is 1.54. The van der Waals surface area contributed by atoms with Crippen LogP contribution in [0.25, 0.3) is 0 Å². The molecular weight excluding hydrogens is 337 g/mol. The number of unbranched alkanes of at least 4 members (excludes halogenated alkanes) is 3. The minimum atomic E-state index is -4.23. The van der Waals surface area contributed by atoms with Crippen molar-refractivity contribution in [2.45, 2.75) is 45.1 Å². The SMILES string of the molecule is CCCCCCC(=O)O[C@@H](CO)COP(=O)(O)OCC[N+](C)(C)C. The maximum Gasteiger partial charge on any atom is 0.472 e. The second-order valence-corrected chi connectivity index (χ2v) is 8.17. The van der Waals surface area contributed by atoms with Gasteiger partial charge in [0.25, 0.3) is 0 Å². The number of carbonyl (C=O) groups is 1. The molecule has 0 bridgehead atoms. The van der Waals surface area contributed by atoms with Crippen LogP contribution in [0.4, 0.5) is 0 Å². The Kier molecular flexibility index (Phi) is 11.7. The molecule has 0 radical (unpaired) electrons. The smallest absolute Gasteiger partial charge is 0.457 e. The minimum absolute atomic E-state index is 0.0539. The van der Waals surface area contributed by atoms with Crippen LogP contribution in [-0.4, -0.2) is 74.1 Å². The maximum absolute atomic E-state index is 11.7. The number of phosphoric acid groups is 1. The second kappa shape index (κ2) is 12.0. The molecule has 0 saturated carbocycles. The highest BCUT2D eigenvalue weighted by molar-refractivity contribution is 7.47. The van der Waals surface area contributed by atoms with Gasteiger partial charge in [-0.3, -0.25) is 13.8 Å². The fourth-order valence-corrected chi connectivity index (χ4v) is 2.45. The molecule has 0 fully saturated rings. The lowest BCUT2D eigenvalue weighted by Gasteiger charge is -2.24. The van der Waals surface area contributed by atoms with E-state index in [9.17, 15) is 19.4 Å². The van der Waals surface area contributed by atoms with E-state index in [2.05, 4.69) is 6.92 Å². The molecule has 2 N–H and O–H groups in total. The molecule has 9 heteroatoms. The molecule has 0 aliphatic heterocycles. The van der Waals surface area contributed by atoms with Gasteiger partial charge in [0.1, 0.15) is 19.3 Å². The Hall–Kier alpha value is -0.500. The Labute approximate surface area is 144 Å². The van der Waals surface area contributed by atoms with E-state index in [1.165, 1.54) is 0 Å². The average molecular weight is 370 g/mol. The van der Waals surface area contributed by atoms with Gasteiger partial charge in [-0.1, -0.05) is 26.2 Å². The van der Waals surface area contributed by atoms with Crippen LogP contribution in [0.3, 0.4) is 0 Å². The van der Waals surface area contributed by atoms with Crippen LogP contribution < -0.4 is 0 Å². The summed E-state index contributed by atoms with van der Waals surface area (Å²) in [6, 6.07) is 0. The van der Waals surface area contributed by atoms with Gasteiger partial charge < -0.3 is 19.2 Å². The summed E-state index contributed by atoms with van der Waals surface area (Å²) < 4.78 is 27.0. The van der Waals surface area contributed by atoms with Crippen LogP contribution in [0.15, 0.2) is 0 Å². The number of rotatable bonds is 14. The van der Waals surface area contributed by atoms with Crippen molar-refractivity contribution in [3.8, 4) is 0 Å². The zero-order valence-electron chi connectivity index (χ0n) is 15.3. The monoisotopic (exact) mass is 370 g/mol. The number of aliphatic hydroxyl groups excluding tert-OH is 1. The summed E-state index contributed by atoms with van der Waals surface area (Å²) in [4.78, 5) is 21.2. The zero-order chi connectivity index (χ0) is 18.6. The molecule has 2 atom stereocenters. The van der Waals surface area contributed by atoms with Gasteiger partial charge in [-0.25, -0.2) is 4.57 Å². The van der Waals surface area contributed by atoms with Gasteiger partial charge in [-0.15, -0.1) is 0 Å². The Morgan fingerprint density at radius 3 is 2.38 bits per heavy atom. The fraction of sp³-hybridized carbons (Fsp3) is 0.933. The molecule has 0 rings (SSSR count). The number of hydrogen-bond donors (Lipinski definition) is 2. The lowest BCUT2D eigenvalue weighted by molar-refractivity contribution is -0.870. The number of nitrogens with zero attached hydrogens (tertiary/aromatic N) is 1. The van der Waals surface area contributed by atoms with Gasteiger partial charge >= 0.3 is 13.8 Å². The Balaban J connectivity index is 4.09. The van der Waals surface area contributed by atoms with E-state index in [1.807, 2.05) is 21.1 Å². The normalized spacial score (nSPS) is 15.8. The van der Waals surface area contributed by atoms with Crippen molar-refractivity contribution >= 4 is 13.8 Å². The number of ether oxygens (including phenoxy) is 1. The highest BCUT2D eigenvalue weighted by Gasteiger charge is 2.25. The standard InChI is InChI=1S/C15H32NO7P/c1-5-6-7-8-9-15(18)23-14(12-17)13-22-24(19,20)21-11-10-16(2,3)4/h14,17H,5-13H2,1-4H3/p+1/t14-/m0/s1. The van der Waals surface area contributed by atoms with Crippen LogP contribution >= 0.6 is 7.82 Å². The van der Waals surface area contributed by atoms with Crippen LogP contribution in [-0.2, 0) is 23.1 Å². The molecule has 0 heterocycles. The van der Waals surface area contributed by atoms with Gasteiger partial charge in [0.15, 0.2) is 0 Å². The molecule has 1 unspecified atom stereocenters. The quantitative estimate of drug-likeness (QED) is 0.208. The van der Waals surface area contributed by atoms with Gasteiger partial charge in [0, 0.05) is 6.42 Å². The summed E-state index contributed by atoms with van der Waals surface area (Å²) in [5.74, 6) is -0.451. The number of likely N-dealkylation sites (N-methyl/N-ethyl adjacent to an activating group) is 1. The molecule has 0 aromatic heterocycles. The number of carbonyl (C=O) groups excluding carboxylic acids is 1. The van der Waals surface area contributed by atoms with Crippen LogP contribution in [0.5, 0.6) is 0 Å². The van der Waals surface area contributed by atoms with Gasteiger partial charge in [0.2, 0.25) is 0 Å². The molecular formula is C15H33NO7P+. The third kappa shape index (κ3) is 13.9. The number of quaternary nitrogens is 1. The minimum Gasteiger partial charge on any atom is -0.457 e. The molecule has 0 aromatic rings. The summed E-state index contributed by atoms with van der Waals surface area (Å²) in [5, 5.41) is 9.19. The molecule has 0 amide bonds. The van der Waals surface area contributed by atoms with E-state index in [1.54, 1.807) is 0 Å². The number of aliphatic hydroxyl groups is 1. The first-order valence-corrected chi connectivity index (χ1v) is 9.82. The summed E-state index contributed by atoms with van der Waals surface area (Å²) in [6.07, 6.45) is 3.06. The molecule has 0 spiro atoms. The largest absolute Gasteiger partial charge is 0.472 e. The predicted molar refractivity (Wildman–Crippen MR) is 90.4 cm³/mol. The molecule has 0 aromatic carbocycles.